The summed E-state index contributed by atoms with van der Waals surface area (Å²) in [5.41, 5.74) is 2.07. The Balaban J connectivity index is 1.21. The second-order valence-corrected chi connectivity index (χ2v) is 11.2. The van der Waals surface area contributed by atoms with E-state index < -0.39 is 10.0 Å². The summed E-state index contributed by atoms with van der Waals surface area (Å²) in [5.74, 6) is 1.60. The molecule has 1 saturated heterocycles. The van der Waals surface area contributed by atoms with Crippen molar-refractivity contribution < 1.29 is 12.9 Å². The summed E-state index contributed by atoms with van der Waals surface area (Å²) in [6, 6.07) is 11.2. The van der Waals surface area contributed by atoms with Crippen LogP contribution >= 0.6 is 0 Å². The van der Waals surface area contributed by atoms with E-state index in [0.29, 0.717) is 48.7 Å². The molecule has 1 atom stereocenters. The first-order valence-corrected chi connectivity index (χ1v) is 13.5. The van der Waals surface area contributed by atoms with E-state index in [2.05, 4.69) is 20.0 Å². The minimum absolute atomic E-state index is 0.0995. The van der Waals surface area contributed by atoms with Crippen LogP contribution in [0.4, 0.5) is 0 Å². The number of piperazine rings is 1. The van der Waals surface area contributed by atoms with Gasteiger partial charge in [0.1, 0.15) is 0 Å². The van der Waals surface area contributed by atoms with Crippen LogP contribution in [0.15, 0.2) is 58.2 Å². The first kappa shape index (κ1) is 23.1. The molecule has 0 bridgehead atoms. The van der Waals surface area contributed by atoms with Gasteiger partial charge in [-0.1, -0.05) is 36.6 Å². The predicted octanol–water partition coefficient (Wildman–Crippen LogP) is 4.25. The molecule has 1 aromatic carbocycles. The van der Waals surface area contributed by atoms with Crippen LogP contribution in [0.2, 0.25) is 0 Å². The van der Waals surface area contributed by atoms with Crippen molar-refractivity contribution in [3.05, 3.63) is 60.2 Å². The van der Waals surface area contributed by atoms with Crippen molar-refractivity contribution in [3.8, 4) is 11.4 Å². The van der Waals surface area contributed by atoms with E-state index in [1.165, 1.54) is 37.7 Å². The summed E-state index contributed by atoms with van der Waals surface area (Å²) >= 11 is 0. The molecule has 5 rings (SSSR count). The molecule has 8 nitrogen and oxygen atoms in total. The molecule has 34 heavy (non-hydrogen) atoms. The first-order chi connectivity index (χ1) is 16.5. The number of hydrogen-bond acceptors (Lipinski definition) is 7. The second kappa shape index (κ2) is 9.93. The number of rotatable bonds is 6. The first-order valence-electron chi connectivity index (χ1n) is 12.1. The highest BCUT2D eigenvalue weighted by molar-refractivity contribution is 7.89. The Labute approximate surface area is 201 Å². The Hall–Kier alpha value is -2.62. The molecule has 0 spiro atoms. The fourth-order valence-corrected chi connectivity index (χ4v) is 6.42. The zero-order valence-electron chi connectivity index (χ0n) is 19.5. The second-order valence-electron chi connectivity index (χ2n) is 9.22. The summed E-state index contributed by atoms with van der Waals surface area (Å²) in [6.07, 6.45) is 9.65. The van der Waals surface area contributed by atoms with Crippen LogP contribution in [0, 0.1) is 0 Å². The van der Waals surface area contributed by atoms with E-state index in [1.807, 2.05) is 31.2 Å². The Morgan fingerprint density at radius 1 is 1.00 bits per heavy atom. The number of pyridine rings is 1. The van der Waals surface area contributed by atoms with Crippen molar-refractivity contribution in [2.24, 2.45) is 0 Å². The van der Waals surface area contributed by atoms with Gasteiger partial charge in [-0.3, -0.25) is 9.88 Å². The average molecular weight is 482 g/mol. The monoisotopic (exact) mass is 481 g/mol. The maximum Gasteiger partial charge on any atom is 0.244 e. The zero-order chi connectivity index (χ0) is 23.5. The largest absolute Gasteiger partial charge is 0.337 e. The molecular formula is C25H31N5O3S. The van der Waals surface area contributed by atoms with Gasteiger partial charge in [0.15, 0.2) is 0 Å². The van der Waals surface area contributed by atoms with Crippen molar-refractivity contribution in [1.82, 2.24) is 24.3 Å². The Morgan fingerprint density at radius 3 is 2.41 bits per heavy atom. The average Bonchev–Trinajstić information content (AvgIpc) is 3.40. The van der Waals surface area contributed by atoms with Crippen molar-refractivity contribution in [1.29, 1.82) is 0 Å². The van der Waals surface area contributed by atoms with Gasteiger partial charge in [-0.15, -0.1) is 0 Å². The highest BCUT2D eigenvalue weighted by Gasteiger charge is 2.32. The minimum Gasteiger partial charge on any atom is -0.337 e. The molecule has 3 heterocycles. The van der Waals surface area contributed by atoms with Crippen molar-refractivity contribution >= 4 is 10.0 Å². The van der Waals surface area contributed by atoms with Crippen LogP contribution in [0.1, 0.15) is 62.4 Å². The maximum atomic E-state index is 13.2. The van der Waals surface area contributed by atoms with E-state index in [0.717, 1.165) is 5.56 Å². The van der Waals surface area contributed by atoms with Gasteiger partial charge in [0, 0.05) is 44.1 Å². The third-order valence-corrected chi connectivity index (χ3v) is 9.05. The quantitative estimate of drug-likeness (QED) is 0.520. The maximum absolute atomic E-state index is 13.2. The van der Waals surface area contributed by atoms with Crippen LogP contribution in [0.5, 0.6) is 0 Å². The highest BCUT2D eigenvalue weighted by atomic mass is 32.2. The fourth-order valence-electron chi connectivity index (χ4n) is 5.00. The van der Waals surface area contributed by atoms with Crippen LogP contribution in [0.3, 0.4) is 0 Å². The number of aromatic nitrogens is 3. The van der Waals surface area contributed by atoms with Gasteiger partial charge in [0.05, 0.1) is 10.9 Å². The molecule has 9 heteroatoms. The van der Waals surface area contributed by atoms with E-state index in [4.69, 9.17) is 4.52 Å². The van der Waals surface area contributed by atoms with Crippen LogP contribution in [-0.2, 0) is 10.0 Å². The number of benzene rings is 1. The van der Waals surface area contributed by atoms with E-state index in [9.17, 15) is 8.42 Å². The molecule has 2 fully saturated rings. The molecular weight excluding hydrogens is 450 g/mol. The molecule has 1 unspecified atom stereocenters. The summed E-state index contributed by atoms with van der Waals surface area (Å²) in [7, 11) is -3.51. The lowest BCUT2D eigenvalue weighted by atomic mass is 9.84. The molecule has 2 aliphatic rings. The standard InChI is InChI=1S/C25H31N5O3S/c1-19(25-27-24(28-33-25)22-8-5-13-26-18-22)29-14-16-30(17-15-29)34(31,32)23-11-9-21(10-12-23)20-6-3-2-4-7-20/h5,8-13,18-20H,2-4,6-7,14-17H2,1H3. The van der Waals surface area contributed by atoms with E-state index >= 15 is 0 Å². The fraction of sp³-hybridized carbons (Fsp3) is 0.480. The summed E-state index contributed by atoms with van der Waals surface area (Å²) in [6.45, 7) is 4.08. The zero-order valence-corrected chi connectivity index (χ0v) is 20.3. The Morgan fingerprint density at radius 2 is 1.74 bits per heavy atom. The lowest BCUT2D eigenvalue weighted by molar-refractivity contribution is 0.124. The molecule has 3 aromatic rings. The Bertz CT molecular complexity index is 1180. The van der Waals surface area contributed by atoms with Crippen LogP contribution in [0.25, 0.3) is 11.4 Å². The predicted molar refractivity (Wildman–Crippen MR) is 129 cm³/mol. The number of sulfonamides is 1. The molecule has 1 aliphatic heterocycles. The lowest BCUT2D eigenvalue weighted by Crippen LogP contribution is -2.49. The normalized spacial score (nSPS) is 19.8. The van der Waals surface area contributed by atoms with Gasteiger partial charge < -0.3 is 4.52 Å². The van der Waals surface area contributed by atoms with Gasteiger partial charge in [-0.2, -0.15) is 9.29 Å². The van der Waals surface area contributed by atoms with Crippen LogP contribution in [-0.4, -0.2) is 58.9 Å². The van der Waals surface area contributed by atoms with E-state index in [1.54, 1.807) is 28.8 Å². The molecule has 1 saturated carbocycles. The topological polar surface area (TPSA) is 92.4 Å². The van der Waals surface area contributed by atoms with Crippen molar-refractivity contribution in [2.45, 2.75) is 55.9 Å². The van der Waals surface area contributed by atoms with Gasteiger partial charge >= 0.3 is 0 Å². The minimum atomic E-state index is -3.51. The lowest BCUT2D eigenvalue weighted by Gasteiger charge is -2.36. The molecule has 0 N–H and O–H groups in total. The molecule has 180 valence electrons. The summed E-state index contributed by atoms with van der Waals surface area (Å²) in [5, 5.41) is 4.08. The third-order valence-electron chi connectivity index (χ3n) is 7.13. The summed E-state index contributed by atoms with van der Waals surface area (Å²) in [4.78, 5) is 11.2. The molecule has 2 aromatic heterocycles. The van der Waals surface area contributed by atoms with Crippen molar-refractivity contribution in [2.75, 3.05) is 26.2 Å². The highest BCUT2D eigenvalue weighted by Crippen LogP contribution is 2.33. The summed E-state index contributed by atoms with van der Waals surface area (Å²) < 4.78 is 33.6. The Kier molecular flexibility index (Phi) is 6.76. The molecule has 0 radical (unpaired) electrons. The van der Waals surface area contributed by atoms with E-state index in [-0.39, 0.29) is 6.04 Å². The van der Waals surface area contributed by atoms with Gasteiger partial charge in [-0.25, -0.2) is 8.42 Å². The number of nitrogens with zero attached hydrogens (tertiary/aromatic N) is 5. The SMILES string of the molecule is CC(c1nc(-c2cccnc2)no1)N1CCN(S(=O)(=O)c2ccc(C3CCCCC3)cc2)CC1. The van der Waals surface area contributed by atoms with Gasteiger partial charge in [-0.05, 0) is 55.5 Å². The van der Waals surface area contributed by atoms with Gasteiger partial charge in [0.2, 0.25) is 21.7 Å². The van der Waals surface area contributed by atoms with Gasteiger partial charge in [0.25, 0.3) is 0 Å². The van der Waals surface area contributed by atoms with Crippen LogP contribution < -0.4 is 0 Å². The molecule has 0 amide bonds. The third kappa shape index (κ3) is 4.78. The molecule has 1 aliphatic carbocycles. The smallest absolute Gasteiger partial charge is 0.244 e. The number of hydrogen-bond donors (Lipinski definition) is 0. The van der Waals surface area contributed by atoms with Crippen molar-refractivity contribution in [3.63, 3.8) is 0 Å².